The van der Waals surface area contributed by atoms with Crippen molar-refractivity contribution in [3.05, 3.63) is 11.6 Å². The molecule has 2 fully saturated rings. The number of likely N-dealkylation sites (tertiary alicyclic amines) is 1. The lowest BCUT2D eigenvalue weighted by molar-refractivity contribution is -0.136. The molecule has 1 aliphatic heterocycles. The summed E-state index contributed by atoms with van der Waals surface area (Å²) >= 11 is 0. The van der Waals surface area contributed by atoms with Crippen molar-refractivity contribution in [2.75, 3.05) is 13.1 Å². The third kappa shape index (κ3) is 2.88. The normalized spacial score (nSPS) is 36.8. The van der Waals surface area contributed by atoms with E-state index < -0.39 is 0 Å². The monoisotopic (exact) mass is 263 g/mol. The molecule has 0 N–H and O–H groups in total. The van der Waals surface area contributed by atoms with Crippen molar-refractivity contribution in [2.24, 2.45) is 29.1 Å². The van der Waals surface area contributed by atoms with E-state index in [1.807, 2.05) is 0 Å². The SMILES string of the molecule is CC(C)=CC1C(C(=O)N2CC(C)CC(C)C2)C1(C)C. The van der Waals surface area contributed by atoms with Gasteiger partial charge in [0.1, 0.15) is 0 Å². The Labute approximate surface area is 118 Å². The van der Waals surface area contributed by atoms with Crippen LogP contribution in [0.2, 0.25) is 0 Å². The summed E-state index contributed by atoms with van der Waals surface area (Å²) in [6.45, 7) is 15.2. The van der Waals surface area contributed by atoms with E-state index in [1.165, 1.54) is 12.0 Å². The molecule has 1 heterocycles. The van der Waals surface area contributed by atoms with Crippen LogP contribution in [0.25, 0.3) is 0 Å². The summed E-state index contributed by atoms with van der Waals surface area (Å²) in [7, 11) is 0. The second kappa shape index (κ2) is 4.96. The van der Waals surface area contributed by atoms with Crippen molar-refractivity contribution in [1.29, 1.82) is 0 Å². The molecule has 0 aromatic carbocycles. The Morgan fingerprint density at radius 1 is 1.16 bits per heavy atom. The molecule has 1 amide bonds. The van der Waals surface area contributed by atoms with Crippen molar-refractivity contribution in [1.82, 2.24) is 4.90 Å². The fraction of sp³-hybridized carbons (Fsp3) is 0.824. The second-order valence-corrected chi connectivity index (χ2v) is 7.76. The van der Waals surface area contributed by atoms with E-state index in [1.54, 1.807) is 0 Å². The van der Waals surface area contributed by atoms with Crippen molar-refractivity contribution < 1.29 is 4.79 Å². The highest BCUT2D eigenvalue weighted by atomic mass is 16.2. The maximum absolute atomic E-state index is 12.8. The Morgan fingerprint density at radius 3 is 2.16 bits per heavy atom. The maximum Gasteiger partial charge on any atom is 0.226 e. The first-order valence-electron chi connectivity index (χ1n) is 7.67. The first kappa shape index (κ1) is 14.6. The largest absolute Gasteiger partial charge is 0.342 e. The van der Waals surface area contributed by atoms with E-state index >= 15 is 0 Å². The summed E-state index contributed by atoms with van der Waals surface area (Å²) in [5.41, 5.74) is 1.48. The molecule has 1 saturated heterocycles. The summed E-state index contributed by atoms with van der Waals surface area (Å²) in [6, 6.07) is 0. The first-order chi connectivity index (χ1) is 8.73. The van der Waals surface area contributed by atoms with E-state index in [9.17, 15) is 4.79 Å². The lowest BCUT2D eigenvalue weighted by Gasteiger charge is -2.35. The molecule has 2 aliphatic rings. The molecule has 0 aromatic heterocycles. The topological polar surface area (TPSA) is 20.3 Å². The van der Waals surface area contributed by atoms with E-state index in [4.69, 9.17) is 0 Å². The van der Waals surface area contributed by atoms with Crippen LogP contribution < -0.4 is 0 Å². The van der Waals surface area contributed by atoms with Crippen LogP contribution >= 0.6 is 0 Å². The van der Waals surface area contributed by atoms with Gasteiger partial charge in [-0.3, -0.25) is 4.79 Å². The first-order valence-corrected chi connectivity index (χ1v) is 7.67. The highest BCUT2D eigenvalue weighted by Gasteiger charge is 2.61. The molecular formula is C17H29NO. The van der Waals surface area contributed by atoms with Crippen LogP contribution in [-0.4, -0.2) is 23.9 Å². The van der Waals surface area contributed by atoms with Gasteiger partial charge in [-0.2, -0.15) is 0 Å². The Hall–Kier alpha value is -0.790. The average molecular weight is 263 g/mol. The van der Waals surface area contributed by atoms with Gasteiger partial charge in [-0.25, -0.2) is 0 Å². The Kier molecular flexibility index (Phi) is 3.81. The third-order valence-corrected chi connectivity index (χ3v) is 4.87. The summed E-state index contributed by atoms with van der Waals surface area (Å²) in [5.74, 6) is 2.34. The number of hydrogen-bond acceptors (Lipinski definition) is 1. The highest BCUT2D eigenvalue weighted by molar-refractivity contribution is 5.84. The van der Waals surface area contributed by atoms with Gasteiger partial charge < -0.3 is 4.90 Å². The molecule has 0 aromatic rings. The number of nitrogens with zero attached hydrogens (tertiary/aromatic N) is 1. The van der Waals surface area contributed by atoms with E-state index in [0.29, 0.717) is 23.7 Å². The van der Waals surface area contributed by atoms with Gasteiger partial charge in [-0.1, -0.05) is 39.3 Å². The predicted octanol–water partition coefficient (Wildman–Crippen LogP) is 3.73. The summed E-state index contributed by atoms with van der Waals surface area (Å²) in [6.07, 6.45) is 3.55. The molecule has 108 valence electrons. The summed E-state index contributed by atoms with van der Waals surface area (Å²) in [4.78, 5) is 14.9. The van der Waals surface area contributed by atoms with Crippen LogP contribution in [0.15, 0.2) is 11.6 Å². The lowest BCUT2D eigenvalue weighted by atomic mass is 9.91. The molecular weight excluding hydrogens is 234 g/mol. The number of carbonyl (C=O) groups excluding carboxylic acids is 1. The number of hydrogen-bond donors (Lipinski definition) is 0. The van der Waals surface area contributed by atoms with Gasteiger partial charge >= 0.3 is 0 Å². The molecule has 4 unspecified atom stereocenters. The van der Waals surface area contributed by atoms with E-state index in [2.05, 4.69) is 52.5 Å². The van der Waals surface area contributed by atoms with Crippen LogP contribution in [0.4, 0.5) is 0 Å². The minimum atomic E-state index is 0.151. The minimum Gasteiger partial charge on any atom is -0.342 e. The third-order valence-electron chi connectivity index (χ3n) is 4.87. The number of carbonyl (C=O) groups is 1. The van der Waals surface area contributed by atoms with Crippen LogP contribution in [0, 0.1) is 29.1 Å². The highest BCUT2D eigenvalue weighted by Crippen LogP contribution is 2.60. The van der Waals surface area contributed by atoms with Crippen molar-refractivity contribution in [3.8, 4) is 0 Å². The van der Waals surface area contributed by atoms with Gasteiger partial charge in [0.2, 0.25) is 5.91 Å². The predicted molar refractivity (Wildman–Crippen MR) is 79.7 cm³/mol. The van der Waals surface area contributed by atoms with Crippen LogP contribution in [0.1, 0.15) is 48.0 Å². The van der Waals surface area contributed by atoms with Crippen molar-refractivity contribution >= 4 is 5.91 Å². The van der Waals surface area contributed by atoms with Gasteiger partial charge in [0.25, 0.3) is 0 Å². The maximum atomic E-state index is 12.8. The van der Waals surface area contributed by atoms with Crippen LogP contribution in [0.3, 0.4) is 0 Å². The smallest absolute Gasteiger partial charge is 0.226 e. The number of amides is 1. The average Bonchev–Trinajstić information content (AvgIpc) is 2.77. The summed E-state index contributed by atoms with van der Waals surface area (Å²) < 4.78 is 0. The molecule has 0 spiro atoms. The lowest BCUT2D eigenvalue weighted by Crippen LogP contribution is -2.44. The van der Waals surface area contributed by atoms with Gasteiger partial charge in [0, 0.05) is 13.1 Å². The molecule has 0 radical (unpaired) electrons. The van der Waals surface area contributed by atoms with Gasteiger partial charge in [0.15, 0.2) is 0 Å². The van der Waals surface area contributed by atoms with Crippen LogP contribution in [0.5, 0.6) is 0 Å². The summed E-state index contributed by atoms with van der Waals surface area (Å²) in [5, 5.41) is 0. The fourth-order valence-corrected chi connectivity index (χ4v) is 3.86. The number of rotatable bonds is 2. The van der Waals surface area contributed by atoms with Gasteiger partial charge in [0.05, 0.1) is 5.92 Å². The molecule has 0 bridgehead atoms. The molecule has 2 heteroatoms. The minimum absolute atomic E-state index is 0.151. The second-order valence-electron chi connectivity index (χ2n) is 7.76. The zero-order valence-electron chi connectivity index (χ0n) is 13.4. The molecule has 1 saturated carbocycles. The van der Waals surface area contributed by atoms with Crippen molar-refractivity contribution in [2.45, 2.75) is 48.0 Å². The van der Waals surface area contributed by atoms with E-state index in [-0.39, 0.29) is 11.3 Å². The quantitative estimate of drug-likeness (QED) is 0.695. The van der Waals surface area contributed by atoms with E-state index in [0.717, 1.165) is 13.1 Å². The van der Waals surface area contributed by atoms with Crippen molar-refractivity contribution in [3.63, 3.8) is 0 Å². The molecule has 2 nitrogen and oxygen atoms in total. The fourth-order valence-electron chi connectivity index (χ4n) is 3.86. The zero-order valence-corrected chi connectivity index (χ0v) is 13.4. The van der Waals surface area contributed by atoms with Gasteiger partial charge in [-0.15, -0.1) is 0 Å². The standard InChI is InChI=1S/C17H29NO/c1-11(2)7-14-15(17(14,5)6)16(19)18-9-12(3)8-13(4)10-18/h7,12-15H,8-10H2,1-6H3. The van der Waals surface area contributed by atoms with Gasteiger partial charge in [-0.05, 0) is 43.4 Å². The Morgan fingerprint density at radius 2 is 1.68 bits per heavy atom. The van der Waals surface area contributed by atoms with Crippen LogP contribution in [-0.2, 0) is 4.79 Å². The number of piperidine rings is 1. The molecule has 4 atom stereocenters. The zero-order chi connectivity index (χ0) is 14.4. The Bertz CT molecular complexity index is 382. The molecule has 2 rings (SSSR count). The number of allylic oxidation sites excluding steroid dienone is 2. The molecule has 19 heavy (non-hydrogen) atoms. The Balaban J connectivity index is 2.07. The molecule has 1 aliphatic carbocycles.